The molecule has 0 aliphatic rings. The highest BCUT2D eigenvalue weighted by Crippen LogP contribution is 2.37. The third-order valence-corrected chi connectivity index (χ3v) is 8.29. The highest BCUT2D eigenvalue weighted by molar-refractivity contribution is 7.28. The molecule has 6 nitrogen and oxygen atoms in total. The molecule has 0 saturated heterocycles. The zero-order chi connectivity index (χ0) is 27.1. The molecule has 0 spiro atoms. The van der Waals surface area contributed by atoms with E-state index in [9.17, 15) is 9.50 Å². The maximum absolute atomic E-state index is 15.0. The number of halogens is 1. The molecule has 2 heterocycles. The molecule has 9 heteroatoms. The largest absolute Gasteiger partial charge is 0.369 e. The van der Waals surface area contributed by atoms with Crippen LogP contribution in [-0.4, -0.2) is 36.1 Å². The fraction of sp³-hybridized carbons (Fsp3) is 0.345. The van der Waals surface area contributed by atoms with Crippen molar-refractivity contribution >= 4 is 49.3 Å². The summed E-state index contributed by atoms with van der Waals surface area (Å²) < 4.78 is 21.5. The standard InChI is InChI=1S/C29H33FN4O2S2/c1-5-7-8-23-18-26-28(37-23)31-27(38-26)24-14-11-21(17-25(24)30)33-32-20-9-12-22(13-10-20)34(6-2)15-16-36-29(35)19(3)4/h9-14,17-18,29,35H,3,5-8,15-16H2,1-2,4H3. The van der Waals surface area contributed by atoms with Crippen molar-refractivity contribution in [2.24, 2.45) is 10.2 Å². The second-order valence-electron chi connectivity index (χ2n) is 9.03. The number of nitrogens with zero attached hydrogens (tertiary/aromatic N) is 4. The lowest BCUT2D eigenvalue weighted by atomic mass is 10.2. The molecule has 0 amide bonds. The van der Waals surface area contributed by atoms with E-state index in [1.165, 1.54) is 35.1 Å². The Bertz CT molecular complexity index is 1370. The highest BCUT2D eigenvalue weighted by atomic mass is 32.1. The number of aryl methyl sites for hydroxylation is 1. The Labute approximate surface area is 231 Å². The van der Waals surface area contributed by atoms with Crippen molar-refractivity contribution in [2.75, 3.05) is 24.6 Å². The molecule has 4 aromatic rings. The predicted octanol–water partition coefficient (Wildman–Crippen LogP) is 8.66. The van der Waals surface area contributed by atoms with Crippen LogP contribution in [0.3, 0.4) is 0 Å². The van der Waals surface area contributed by atoms with E-state index in [0.717, 1.165) is 28.2 Å². The van der Waals surface area contributed by atoms with Gasteiger partial charge in [-0.25, -0.2) is 9.37 Å². The van der Waals surface area contributed by atoms with Gasteiger partial charge in [0, 0.05) is 35.3 Å². The summed E-state index contributed by atoms with van der Waals surface area (Å²) in [6, 6.07) is 14.7. The molecule has 1 unspecified atom stereocenters. The van der Waals surface area contributed by atoms with Crippen molar-refractivity contribution in [1.29, 1.82) is 0 Å². The molecule has 4 rings (SSSR count). The first-order valence-corrected chi connectivity index (χ1v) is 14.4. The van der Waals surface area contributed by atoms with Gasteiger partial charge in [0.1, 0.15) is 15.7 Å². The number of azo groups is 1. The summed E-state index contributed by atoms with van der Waals surface area (Å²) in [6.07, 6.45) is 2.46. The molecule has 0 radical (unpaired) electrons. The number of rotatable bonds is 13. The normalized spacial score (nSPS) is 12.4. The Morgan fingerprint density at radius 2 is 1.84 bits per heavy atom. The number of ether oxygens (including phenoxy) is 1. The number of benzene rings is 2. The zero-order valence-electron chi connectivity index (χ0n) is 22.0. The molecule has 0 bridgehead atoms. The number of unbranched alkanes of at least 4 members (excludes halogenated alkanes) is 1. The minimum Gasteiger partial charge on any atom is -0.369 e. The van der Waals surface area contributed by atoms with Crippen molar-refractivity contribution in [3.63, 3.8) is 0 Å². The molecule has 0 saturated carbocycles. The van der Waals surface area contributed by atoms with Gasteiger partial charge in [0.05, 0.1) is 22.7 Å². The monoisotopic (exact) mass is 552 g/mol. The van der Waals surface area contributed by atoms with Crippen molar-refractivity contribution in [1.82, 2.24) is 4.98 Å². The molecule has 0 aliphatic carbocycles. The van der Waals surface area contributed by atoms with Crippen LogP contribution in [0.1, 0.15) is 38.5 Å². The molecule has 38 heavy (non-hydrogen) atoms. The summed E-state index contributed by atoms with van der Waals surface area (Å²) in [6.45, 7) is 11.5. The van der Waals surface area contributed by atoms with Gasteiger partial charge in [0.15, 0.2) is 6.29 Å². The molecular formula is C29H33FN4O2S2. The van der Waals surface area contributed by atoms with Crippen LogP contribution in [-0.2, 0) is 11.2 Å². The summed E-state index contributed by atoms with van der Waals surface area (Å²) in [5.74, 6) is -0.359. The molecular weight excluding hydrogens is 519 g/mol. The van der Waals surface area contributed by atoms with Gasteiger partial charge in [-0.2, -0.15) is 10.2 Å². The van der Waals surface area contributed by atoms with Crippen molar-refractivity contribution in [2.45, 2.75) is 46.3 Å². The number of hydrogen-bond acceptors (Lipinski definition) is 8. The maximum atomic E-state index is 15.0. The fourth-order valence-electron chi connectivity index (χ4n) is 3.84. The number of hydrogen-bond donors (Lipinski definition) is 1. The van der Waals surface area contributed by atoms with E-state index in [4.69, 9.17) is 4.74 Å². The summed E-state index contributed by atoms with van der Waals surface area (Å²) in [5.41, 5.74) is 3.19. The van der Waals surface area contributed by atoms with Crippen molar-refractivity contribution in [3.8, 4) is 10.6 Å². The summed E-state index contributed by atoms with van der Waals surface area (Å²) in [4.78, 5) is 9.12. The Balaban J connectivity index is 1.38. The van der Waals surface area contributed by atoms with E-state index in [-0.39, 0.29) is 5.82 Å². The molecule has 0 fully saturated rings. The second-order valence-corrected chi connectivity index (χ2v) is 11.2. The Morgan fingerprint density at radius 3 is 2.50 bits per heavy atom. The van der Waals surface area contributed by atoms with Crippen LogP contribution in [0.5, 0.6) is 0 Å². The third-order valence-electron chi connectivity index (χ3n) is 6.04. The van der Waals surface area contributed by atoms with Crippen LogP contribution in [0, 0.1) is 5.82 Å². The predicted molar refractivity (Wildman–Crippen MR) is 157 cm³/mol. The van der Waals surface area contributed by atoms with E-state index < -0.39 is 6.29 Å². The number of aliphatic hydroxyl groups is 1. The van der Waals surface area contributed by atoms with Gasteiger partial charge in [-0.3, -0.25) is 0 Å². The van der Waals surface area contributed by atoms with Gasteiger partial charge in [-0.1, -0.05) is 19.9 Å². The lowest BCUT2D eigenvalue weighted by Crippen LogP contribution is -2.28. The van der Waals surface area contributed by atoms with E-state index in [0.29, 0.717) is 40.7 Å². The molecule has 2 aromatic carbocycles. The Hall–Kier alpha value is -2.98. The summed E-state index contributed by atoms with van der Waals surface area (Å²) in [7, 11) is 0. The number of thiophene rings is 1. The van der Waals surface area contributed by atoms with E-state index in [1.807, 2.05) is 24.3 Å². The second kappa shape index (κ2) is 13.2. The van der Waals surface area contributed by atoms with Crippen LogP contribution in [0.4, 0.5) is 21.5 Å². The van der Waals surface area contributed by atoms with Gasteiger partial charge in [-0.05, 0) is 74.7 Å². The first kappa shape index (κ1) is 28.0. The van der Waals surface area contributed by atoms with Gasteiger partial charge in [-0.15, -0.1) is 22.7 Å². The number of aromatic nitrogens is 1. The molecule has 1 N–H and O–H groups in total. The maximum Gasteiger partial charge on any atom is 0.176 e. The van der Waals surface area contributed by atoms with E-state index in [1.54, 1.807) is 30.4 Å². The highest BCUT2D eigenvalue weighted by Gasteiger charge is 2.14. The number of likely N-dealkylation sites (N-methyl/N-ethyl adjacent to an activating group) is 1. The number of fused-ring (bicyclic) bond motifs is 1. The first-order chi connectivity index (χ1) is 18.4. The summed E-state index contributed by atoms with van der Waals surface area (Å²) in [5, 5.41) is 18.9. The lowest BCUT2D eigenvalue weighted by Gasteiger charge is -2.24. The number of aliphatic hydroxyl groups excluding tert-OH is 1. The molecule has 2 aromatic heterocycles. The van der Waals surface area contributed by atoms with E-state index >= 15 is 0 Å². The van der Waals surface area contributed by atoms with Crippen LogP contribution < -0.4 is 4.90 Å². The van der Waals surface area contributed by atoms with Crippen LogP contribution >= 0.6 is 22.7 Å². The average Bonchev–Trinajstić information content (AvgIpc) is 3.48. The molecule has 1 atom stereocenters. The van der Waals surface area contributed by atoms with Gasteiger partial charge in [0.25, 0.3) is 0 Å². The SMILES string of the molecule is C=C(C)C(O)OCCN(CC)c1ccc(N=Nc2ccc(-c3nc4sc(CCCC)cc4s3)c(F)c2)cc1. The van der Waals surface area contributed by atoms with Crippen LogP contribution in [0.2, 0.25) is 0 Å². The Morgan fingerprint density at radius 1 is 1.11 bits per heavy atom. The van der Waals surface area contributed by atoms with Crippen LogP contribution in [0.15, 0.2) is 70.9 Å². The molecule has 0 aliphatic heterocycles. The molecule has 200 valence electrons. The lowest BCUT2D eigenvalue weighted by molar-refractivity contribution is -0.0689. The Kier molecular flexibility index (Phi) is 9.74. The topological polar surface area (TPSA) is 70.3 Å². The number of thiazole rings is 1. The smallest absolute Gasteiger partial charge is 0.176 e. The van der Waals surface area contributed by atoms with E-state index in [2.05, 4.69) is 46.6 Å². The van der Waals surface area contributed by atoms with Crippen molar-refractivity contribution in [3.05, 3.63) is 71.4 Å². The van der Waals surface area contributed by atoms with Gasteiger partial charge in [0.2, 0.25) is 0 Å². The minimum atomic E-state index is -0.947. The third kappa shape index (κ3) is 7.11. The first-order valence-electron chi connectivity index (χ1n) is 12.8. The minimum absolute atomic E-state index is 0.359. The van der Waals surface area contributed by atoms with Crippen molar-refractivity contribution < 1.29 is 14.2 Å². The fourth-order valence-corrected chi connectivity index (χ4v) is 6.15. The zero-order valence-corrected chi connectivity index (χ0v) is 23.6. The van der Waals surface area contributed by atoms with Crippen LogP contribution in [0.25, 0.3) is 20.1 Å². The number of anilines is 1. The van der Waals surface area contributed by atoms with Gasteiger partial charge >= 0.3 is 0 Å². The van der Waals surface area contributed by atoms with Gasteiger partial charge < -0.3 is 14.7 Å². The average molecular weight is 553 g/mol. The quantitative estimate of drug-likeness (QED) is 0.102. The summed E-state index contributed by atoms with van der Waals surface area (Å²) >= 11 is 3.22.